The highest BCUT2D eigenvalue weighted by Crippen LogP contribution is 2.18. The molecule has 8 heteroatoms. The summed E-state index contributed by atoms with van der Waals surface area (Å²) in [7, 11) is 0. The highest BCUT2D eigenvalue weighted by atomic mass is 19.1. The maximum atomic E-state index is 12.9. The van der Waals surface area contributed by atoms with Gasteiger partial charge in [-0.25, -0.2) is 19.0 Å². The number of nitrogens with one attached hydrogen (secondary N) is 1. The maximum absolute atomic E-state index is 12.9. The molecule has 1 aliphatic carbocycles. The van der Waals surface area contributed by atoms with Crippen LogP contribution in [0, 0.1) is 5.82 Å². The Hall–Kier alpha value is -2.35. The third-order valence-electron chi connectivity index (χ3n) is 5.74. The van der Waals surface area contributed by atoms with Crippen molar-refractivity contribution in [3.05, 3.63) is 45.9 Å². The van der Waals surface area contributed by atoms with Gasteiger partial charge in [0.2, 0.25) is 5.95 Å². The molecule has 28 heavy (non-hydrogen) atoms. The number of anilines is 1. The van der Waals surface area contributed by atoms with Crippen LogP contribution in [0.4, 0.5) is 10.3 Å². The van der Waals surface area contributed by atoms with Crippen LogP contribution in [0.25, 0.3) is 0 Å². The third-order valence-corrected chi connectivity index (χ3v) is 5.74. The summed E-state index contributed by atoms with van der Waals surface area (Å²) in [5.41, 5.74) is 2.23. The van der Waals surface area contributed by atoms with Crippen molar-refractivity contribution in [3.63, 3.8) is 0 Å². The summed E-state index contributed by atoms with van der Waals surface area (Å²) in [5.74, 6) is 0.00679. The van der Waals surface area contributed by atoms with E-state index in [0.29, 0.717) is 25.1 Å². The SMILES string of the molecule is O=c1cc2c(nn1CCN1CCCCC1CNc1ncc(F)cn1)CCCC2. The Morgan fingerprint density at radius 1 is 1.11 bits per heavy atom. The minimum absolute atomic E-state index is 0.00652. The first-order valence-electron chi connectivity index (χ1n) is 10.2. The lowest BCUT2D eigenvalue weighted by Crippen LogP contribution is -2.46. The van der Waals surface area contributed by atoms with Gasteiger partial charge < -0.3 is 5.32 Å². The largest absolute Gasteiger partial charge is 0.353 e. The van der Waals surface area contributed by atoms with E-state index in [0.717, 1.165) is 62.9 Å². The Morgan fingerprint density at radius 2 is 1.93 bits per heavy atom. The van der Waals surface area contributed by atoms with Crippen LogP contribution in [0.3, 0.4) is 0 Å². The second-order valence-electron chi connectivity index (χ2n) is 7.68. The van der Waals surface area contributed by atoms with Crippen molar-refractivity contribution >= 4 is 5.95 Å². The Morgan fingerprint density at radius 3 is 2.79 bits per heavy atom. The molecule has 0 radical (unpaired) electrons. The molecular formula is C20H27FN6O. The number of piperidine rings is 1. The normalized spacial score (nSPS) is 20.0. The lowest BCUT2D eigenvalue weighted by Gasteiger charge is -2.35. The predicted molar refractivity (Wildman–Crippen MR) is 105 cm³/mol. The first kappa shape index (κ1) is 19.0. The summed E-state index contributed by atoms with van der Waals surface area (Å²) >= 11 is 0. The van der Waals surface area contributed by atoms with Crippen LogP contribution < -0.4 is 10.9 Å². The summed E-state index contributed by atoms with van der Waals surface area (Å²) in [5, 5.41) is 7.84. The molecule has 1 fully saturated rings. The van der Waals surface area contributed by atoms with Crippen molar-refractivity contribution in [2.24, 2.45) is 0 Å². The Bertz CT molecular complexity index is 853. The summed E-state index contributed by atoms with van der Waals surface area (Å²) in [6, 6.07) is 2.12. The molecule has 0 amide bonds. The zero-order valence-electron chi connectivity index (χ0n) is 16.1. The first-order chi connectivity index (χ1) is 13.7. The molecule has 1 atom stereocenters. The summed E-state index contributed by atoms with van der Waals surface area (Å²) in [4.78, 5) is 22.7. The molecule has 2 aliphatic rings. The molecule has 1 saturated heterocycles. The van der Waals surface area contributed by atoms with Crippen LogP contribution in [0.1, 0.15) is 43.4 Å². The maximum Gasteiger partial charge on any atom is 0.267 e. The minimum atomic E-state index is -0.437. The summed E-state index contributed by atoms with van der Waals surface area (Å²) < 4.78 is 14.6. The van der Waals surface area contributed by atoms with Crippen molar-refractivity contribution in [1.29, 1.82) is 0 Å². The van der Waals surface area contributed by atoms with E-state index in [-0.39, 0.29) is 5.56 Å². The topological polar surface area (TPSA) is 75.9 Å². The first-order valence-corrected chi connectivity index (χ1v) is 10.2. The molecule has 7 nitrogen and oxygen atoms in total. The average Bonchev–Trinajstić information content (AvgIpc) is 2.72. The zero-order chi connectivity index (χ0) is 19.3. The smallest absolute Gasteiger partial charge is 0.267 e. The average molecular weight is 386 g/mol. The van der Waals surface area contributed by atoms with Crippen LogP contribution in [0.5, 0.6) is 0 Å². The second-order valence-corrected chi connectivity index (χ2v) is 7.68. The lowest BCUT2D eigenvalue weighted by molar-refractivity contribution is 0.147. The molecule has 1 N–H and O–H groups in total. The number of rotatable bonds is 6. The van der Waals surface area contributed by atoms with Crippen molar-refractivity contribution in [2.75, 3.05) is 25.0 Å². The van der Waals surface area contributed by atoms with Gasteiger partial charge in [-0.1, -0.05) is 6.42 Å². The molecule has 2 aromatic rings. The van der Waals surface area contributed by atoms with Gasteiger partial charge in [-0.2, -0.15) is 5.10 Å². The predicted octanol–water partition coefficient (Wildman–Crippen LogP) is 2.02. The molecule has 0 spiro atoms. The molecule has 0 saturated carbocycles. The van der Waals surface area contributed by atoms with E-state index in [1.807, 2.05) is 0 Å². The van der Waals surface area contributed by atoms with Crippen LogP contribution in [-0.2, 0) is 19.4 Å². The molecule has 0 bridgehead atoms. The Balaban J connectivity index is 1.37. The van der Waals surface area contributed by atoms with Crippen molar-refractivity contribution in [2.45, 2.75) is 57.5 Å². The molecule has 150 valence electrons. The van der Waals surface area contributed by atoms with E-state index in [9.17, 15) is 9.18 Å². The van der Waals surface area contributed by atoms with Gasteiger partial charge in [0.1, 0.15) is 0 Å². The van der Waals surface area contributed by atoms with Gasteiger partial charge >= 0.3 is 0 Å². The molecule has 0 aromatic carbocycles. The van der Waals surface area contributed by atoms with E-state index in [4.69, 9.17) is 0 Å². The monoisotopic (exact) mass is 386 g/mol. The van der Waals surface area contributed by atoms with Crippen LogP contribution in [0.2, 0.25) is 0 Å². The van der Waals surface area contributed by atoms with Gasteiger partial charge in [0.05, 0.1) is 24.6 Å². The van der Waals surface area contributed by atoms with E-state index in [1.54, 1.807) is 10.7 Å². The van der Waals surface area contributed by atoms with Crippen LogP contribution in [0.15, 0.2) is 23.3 Å². The molecule has 1 unspecified atom stereocenters. The fraction of sp³-hybridized carbons (Fsp3) is 0.600. The lowest BCUT2D eigenvalue weighted by atomic mass is 9.97. The highest BCUT2D eigenvalue weighted by Gasteiger charge is 2.23. The fourth-order valence-corrected chi connectivity index (χ4v) is 4.18. The van der Waals surface area contributed by atoms with Crippen molar-refractivity contribution < 1.29 is 4.39 Å². The van der Waals surface area contributed by atoms with Gasteiger partial charge in [0.15, 0.2) is 5.82 Å². The molecule has 4 rings (SSSR count). The molecular weight excluding hydrogens is 359 g/mol. The minimum Gasteiger partial charge on any atom is -0.353 e. The second kappa shape index (κ2) is 8.77. The quantitative estimate of drug-likeness (QED) is 0.819. The molecule has 3 heterocycles. The Kier molecular flexibility index (Phi) is 5.95. The number of fused-ring (bicyclic) bond motifs is 1. The van der Waals surface area contributed by atoms with E-state index >= 15 is 0 Å². The van der Waals surface area contributed by atoms with Crippen molar-refractivity contribution in [3.8, 4) is 0 Å². The zero-order valence-corrected chi connectivity index (χ0v) is 16.1. The van der Waals surface area contributed by atoms with E-state index in [2.05, 4.69) is 25.3 Å². The summed E-state index contributed by atoms with van der Waals surface area (Å²) in [6.45, 7) is 3.12. The number of hydrogen-bond donors (Lipinski definition) is 1. The van der Waals surface area contributed by atoms with Gasteiger partial charge in [-0.3, -0.25) is 9.69 Å². The van der Waals surface area contributed by atoms with E-state index in [1.165, 1.54) is 18.8 Å². The number of hydrogen-bond acceptors (Lipinski definition) is 6. The van der Waals surface area contributed by atoms with Gasteiger partial charge in [0.25, 0.3) is 5.56 Å². The fourth-order valence-electron chi connectivity index (χ4n) is 4.18. The highest BCUT2D eigenvalue weighted by molar-refractivity contribution is 5.23. The van der Waals surface area contributed by atoms with Gasteiger partial charge in [0, 0.05) is 25.2 Å². The van der Waals surface area contributed by atoms with Crippen LogP contribution in [-0.4, -0.2) is 50.3 Å². The third kappa shape index (κ3) is 4.55. The molecule has 1 aliphatic heterocycles. The summed E-state index contributed by atoms with van der Waals surface area (Å²) in [6.07, 6.45) is 10.0. The number of aryl methyl sites for hydroxylation is 2. The van der Waals surface area contributed by atoms with Crippen LogP contribution >= 0.6 is 0 Å². The Labute approximate surface area is 164 Å². The number of halogens is 1. The van der Waals surface area contributed by atoms with E-state index < -0.39 is 5.82 Å². The van der Waals surface area contributed by atoms with Gasteiger partial charge in [-0.15, -0.1) is 0 Å². The molecule has 2 aromatic heterocycles. The number of nitrogens with zero attached hydrogens (tertiary/aromatic N) is 5. The number of aromatic nitrogens is 4. The van der Waals surface area contributed by atoms with Crippen molar-refractivity contribution in [1.82, 2.24) is 24.6 Å². The standard InChI is InChI=1S/C20H27FN6O/c21-16-12-22-20(23-13-16)24-14-17-6-3-4-8-26(17)9-10-27-19(28)11-15-5-1-2-7-18(15)25-27/h11-13,17H,1-10,14H2,(H,22,23,24). The number of likely N-dealkylation sites (tertiary alicyclic amines) is 1. The van der Waals surface area contributed by atoms with Gasteiger partial charge in [-0.05, 0) is 50.6 Å².